The molecule has 4 bridgehead atoms. The third kappa shape index (κ3) is 7.07. The van der Waals surface area contributed by atoms with Gasteiger partial charge in [-0.2, -0.15) is 4.98 Å². The van der Waals surface area contributed by atoms with Gasteiger partial charge in [0, 0.05) is 16.7 Å². The van der Waals surface area contributed by atoms with Gasteiger partial charge in [0.1, 0.15) is 12.4 Å². The average molecular weight is 657 g/mol. The molecule has 0 spiro atoms. The topological polar surface area (TPSA) is 136 Å². The van der Waals surface area contributed by atoms with Crippen LogP contribution in [0.25, 0.3) is 11.3 Å². The number of amides is 1. The summed E-state index contributed by atoms with van der Waals surface area (Å²) in [4.78, 5) is 34.2. The Morgan fingerprint density at radius 1 is 1.02 bits per heavy atom. The Bertz CT molecular complexity index is 1870. The minimum absolute atomic E-state index is 0.0341. The van der Waals surface area contributed by atoms with Crippen molar-refractivity contribution >= 4 is 21.9 Å². The Labute approximate surface area is 275 Å². The number of carbonyl (C=O) groups excluding carboxylic acids is 1. The Kier molecular flexibility index (Phi) is 9.14. The first-order valence-electron chi connectivity index (χ1n) is 16.0. The van der Waals surface area contributed by atoms with Crippen LogP contribution in [0, 0.1) is 26.7 Å². The van der Waals surface area contributed by atoms with Crippen LogP contribution in [0.2, 0.25) is 0 Å². The van der Waals surface area contributed by atoms with Crippen molar-refractivity contribution in [1.29, 1.82) is 0 Å². The number of sulfonamides is 1. The van der Waals surface area contributed by atoms with Crippen LogP contribution in [0.1, 0.15) is 72.4 Å². The molecule has 0 saturated heterocycles. The number of benzene rings is 2. The van der Waals surface area contributed by atoms with Crippen LogP contribution in [0.4, 0.5) is 5.95 Å². The third-order valence-electron chi connectivity index (χ3n) is 8.75. The van der Waals surface area contributed by atoms with Crippen LogP contribution in [0.5, 0.6) is 11.6 Å². The molecule has 11 nitrogen and oxygen atoms in total. The van der Waals surface area contributed by atoms with Crippen molar-refractivity contribution in [2.45, 2.75) is 83.9 Å². The van der Waals surface area contributed by atoms with Crippen molar-refractivity contribution in [1.82, 2.24) is 24.8 Å². The second kappa shape index (κ2) is 13.3. The van der Waals surface area contributed by atoms with E-state index in [0.29, 0.717) is 35.2 Å². The van der Waals surface area contributed by atoms with Gasteiger partial charge >= 0.3 is 0 Å². The highest BCUT2D eigenvalue weighted by molar-refractivity contribution is 7.92. The zero-order chi connectivity index (χ0) is 33.3. The van der Waals surface area contributed by atoms with Gasteiger partial charge in [-0.05, 0) is 76.3 Å². The molecule has 47 heavy (non-hydrogen) atoms. The highest BCUT2D eigenvalue weighted by Crippen LogP contribution is 2.36. The number of hydrogen-bond acceptors (Lipinski definition) is 9. The maximum atomic E-state index is 14.4. The quantitative estimate of drug-likeness (QED) is 0.252. The van der Waals surface area contributed by atoms with E-state index in [4.69, 9.17) is 14.5 Å². The molecule has 6 rings (SSSR count). The van der Waals surface area contributed by atoms with E-state index in [2.05, 4.69) is 19.7 Å². The lowest BCUT2D eigenvalue weighted by atomic mass is 9.80. The summed E-state index contributed by atoms with van der Waals surface area (Å²) in [6.07, 6.45) is 7.16. The number of fused-ring (bicyclic) bond motifs is 4. The molecule has 2 aromatic carbocycles. The Balaban J connectivity index is 1.47. The van der Waals surface area contributed by atoms with Crippen LogP contribution in [-0.2, 0) is 16.6 Å². The van der Waals surface area contributed by atoms with Gasteiger partial charge in [0.2, 0.25) is 11.8 Å². The lowest BCUT2D eigenvalue weighted by molar-refractivity contribution is 0.0504. The molecule has 2 aliphatic rings. The Morgan fingerprint density at radius 3 is 2.38 bits per heavy atom. The van der Waals surface area contributed by atoms with E-state index < -0.39 is 10.0 Å². The molecule has 0 unspecified atom stereocenters. The van der Waals surface area contributed by atoms with E-state index in [1.54, 1.807) is 29.4 Å². The molecule has 4 aromatic rings. The Hall–Kier alpha value is -4.58. The number of carbonyl (C=O) groups is 1. The van der Waals surface area contributed by atoms with Crippen molar-refractivity contribution in [2.75, 3.05) is 11.3 Å². The molecule has 1 fully saturated rings. The summed E-state index contributed by atoms with van der Waals surface area (Å²) in [5.41, 5.74) is 4.33. The fourth-order valence-corrected chi connectivity index (χ4v) is 7.09. The SMILES string of the molecule is Cc1cccc(C)c1-c1nc2nc(c1C)OC[C@@H](CC1CCC1)N(Cc1ncc(OC(C)C)cn1)C(=O)c1cccc(c1)S(=O)(=O)N2. The average Bonchev–Trinajstić information content (AvgIpc) is 3.01. The molecule has 2 aromatic heterocycles. The van der Waals surface area contributed by atoms with Gasteiger partial charge in [-0.1, -0.05) is 43.5 Å². The standard InChI is InChI=1S/C35H40N6O5S/c1-21(2)46-28-17-36-30(37-18-28)19-41-27(15-25-11-7-12-25)20-45-33-24(5)32(31-22(3)9-6-10-23(31)4)38-35(39-33)40-47(43,44)29-14-8-13-26(16-29)34(41)42/h6,8-10,13-14,16-18,21,25,27H,7,11-12,15,19-20H2,1-5H3,(H,38,39,40)/t27-/m1/s1. The van der Waals surface area contributed by atoms with Crippen molar-refractivity contribution in [3.05, 3.63) is 82.9 Å². The maximum Gasteiger partial charge on any atom is 0.264 e. The number of aryl methyl sites for hydroxylation is 2. The van der Waals surface area contributed by atoms with Gasteiger partial charge in [0.05, 0.1) is 41.7 Å². The Morgan fingerprint density at radius 2 is 1.72 bits per heavy atom. The molecular formula is C35H40N6O5S. The smallest absolute Gasteiger partial charge is 0.264 e. The van der Waals surface area contributed by atoms with Gasteiger partial charge in [0.25, 0.3) is 15.9 Å². The van der Waals surface area contributed by atoms with Crippen LogP contribution in [0.15, 0.2) is 59.8 Å². The minimum atomic E-state index is -4.17. The van der Waals surface area contributed by atoms with E-state index in [1.807, 2.05) is 52.8 Å². The van der Waals surface area contributed by atoms with Crippen molar-refractivity contribution in [3.63, 3.8) is 0 Å². The molecule has 1 saturated carbocycles. The van der Waals surface area contributed by atoms with Gasteiger partial charge in [-0.25, -0.2) is 28.1 Å². The van der Waals surface area contributed by atoms with Crippen LogP contribution >= 0.6 is 0 Å². The van der Waals surface area contributed by atoms with Crippen LogP contribution < -0.4 is 14.2 Å². The van der Waals surface area contributed by atoms with Crippen LogP contribution in [-0.4, -0.2) is 57.9 Å². The van der Waals surface area contributed by atoms with Crippen LogP contribution in [0.3, 0.4) is 0 Å². The third-order valence-corrected chi connectivity index (χ3v) is 10.1. The first kappa shape index (κ1) is 32.4. The summed E-state index contributed by atoms with van der Waals surface area (Å²) < 4.78 is 42.1. The van der Waals surface area contributed by atoms with E-state index in [0.717, 1.165) is 36.0 Å². The highest BCUT2D eigenvalue weighted by atomic mass is 32.2. The molecule has 246 valence electrons. The molecule has 12 heteroatoms. The summed E-state index contributed by atoms with van der Waals surface area (Å²) in [6, 6.07) is 11.6. The minimum Gasteiger partial charge on any atom is -0.488 e. The van der Waals surface area contributed by atoms with E-state index in [9.17, 15) is 13.2 Å². The number of aromatic nitrogens is 4. The number of nitrogens with zero attached hydrogens (tertiary/aromatic N) is 5. The fourth-order valence-electron chi connectivity index (χ4n) is 6.11. The van der Waals surface area contributed by atoms with E-state index >= 15 is 0 Å². The number of anilines is 1. The molecule has 1 aliphatic heterocycles. The summed E-state index contributed by atoms with van der Waals surface area (Å²) in [5.74, 6) is 1.20. The predicted molar refractivity (Wildman–Crippen MR) is 178 cm³/mol. The molecule has 1 aliphatic carbocycles. The predicted octanol–water partition coefficient (Wildman–Crippen LogP) is 6.04. The van der Waals surface area contributed by atoms with E-state index in [-0.39, 0.29) is 53.5 Å². The molecule has 0 radical (unpaired) electrons. The second-order valence-corrected chi connectivity index (χ2v) is 14.3. The summed E-state index contributed by atoms with van der Waals surface area (Å²) in [7, 11) is -4.17. The number of rotatable bonds is 7. The first-order chi connectivity index (χ1) is 22.5. The van der Waals surface area contributed by atoms with Crippen molar-refractivity contribution in [2.24, 2.45) is 5.92 Å². The normalized spacial score (nSPS) is 17.9. The van der Waals surface area contributed by atoms with Gasteiger partial charge in [-0.3, -0.25) is 4.79 Å². The second-order valence-electron chi connectivity index (χ2n) is 12.7. The molecular weight excluding hydrogens is 616 g/mol. The number of nitrogens with one attached hydrogen (secondary N) is 1. The largest absolute Gasteiger partial charge is 0.488 e. The summed E-state index contributed by atoms with van der Waals surface area (Å²) in [5, 5.41) is 0. The molecule has 3 heterocycles. The zero-order valence-electron chi connectivity index (χ0n) is 27.4. The highest BCUT2D eigenvalue weighted by Gasteiger charge is 2.33. The van der Waals surface area contributed by atoms with Gasteiger partial charge in [0.15, 0.2) is 5.75 Å². The molecule has 1 amide bonds. The zero-order valence-corrected chi connectivity index (χ0v) is 28.2. The van der Waals surface area contributed by atoms with E-state index in [1.165, 1.54) is 12.1 Å². The summed E-state index contributed by atoms with van der Waals surface area (Å²) >= 11 is 0. The molecule has 1 N–H and O–H groups in total. The first-order valence-corrected chi connectivity index (χ1v) is 17.5. The fraction of sp³-hybridized carbons (Fsp3) is 0.400. The lowest BCUT2D eigenvalue weighted by Gasteiger charge is -2.36. The van der Waals surface area contributed by atoms with Crippen molar-refractivity contribution in [3.8, 4) is 22.9 Å². The number of ether oxygens (including phenoxy) is 2. The lowest BCUT2D eigenvalue weighted by Crippen LogP contribution is -2.45. The number of hydrogen-bond donors (Lipinski definition) is 1. The molecule has 1 atom stereocenters. The van der Waals surface area contributed by atoms with Gasteiger partial charge in [-0.15, -0.1) is 0 Å². The maximum absolute atomic E-state index is 14.4. The van der Waals surface area contributed by atoms with Gasteiger partial charge < -0.3 is 14.4 Å². The summed E-state index contributed by atoms with van der Waals surface area (Å²) in [6.45, 7) is 9.93. The monoisotopic (exact) mass is 656 g/mol. The van der Waals surface area contributed by atoms with Crippen molar-refractivity contribution < 1.29 is 22.7 Å².